The van der Waals surface area contributed by atoms with E-state index in [1.165, 1.54) is 11.8 Å². The number of aromatic nitrogens is 3. The van der Waals surface area contributed by atoms with Crippen LogP contribution in [0.1, 0.15) is 5.56 Å². The Hall–Kier alpha value is -2.64. The summed E-state index contributed by atoms with van der Waals surface area (Å²) in [5.74, 6) is 0.872. The van der Waals surface area contributed by atoms with E-state index in [1.807, 2.05) is 56.4 Å². The molecule has 2 aromatic carbocycles. The van der Waals surface area contributed by atoms with Crippen molar-refractivity contribution in [3.8, 4) is 0 Å². The normalized spacial score (nSPS) is 11.2. The third-order valence-corrected chi connectivity index (χ3v) is 5.64. The molecule has 0 saturated heterocycles. The molecular weight excluding hydrogens is 476 g/mol. The minimum Gasteiger partial charge on any atom is -0.388 e. The van der Waals surface area contributed by atoms with Crippen molar-refractivity contribution < 1.29 is 17.2 Å². The van der Waals surface area contributed by atoms with E-state index in [9.17, 15) is 8.42 Å². The molecule has 1 aromatic heterocycles. The number of benzene rings is 2. The quantitative estimate of drug-likeness (QED) is 0.182. The zero-order valence-corrected chi connectivity index (χ0v) is 19.6. The van der Waals surface area contributed by atoms with Gasteiger partial charge in [0.25, 0.3) is 0 Å². The molecule has 0 fully saturated rings. The van der Waals surface area contributed by atoms with Gasteiger partial charge in [-0.15, -0.1) is 11.8 Å². The number of hydrogen-bond acceptors (Lipinski definition) is 10. The minimum absolute atomic E-state index is 0.0267. The average Bonchev–Trinajstić information content (AvgIpc) is 2.72. The fraction of sp³-hybridized carbons (Fsp3) is 0.211. The van der Waals surface area contributed by atoms with Crippen molar-refractivity contribution in [1.29, 1.82) is 0 Å². The Morgan fingerprint density at radius 3 is 2.41 bits per heavy atom. The summed E-state index contributed by atoms with van der Waals surface area (Å²) >= 11 is 7.44. The van der Waals surface area contributed by atoms with Crippen LogP contribution < -0.4 is 16.0 Å². The van der Waals surface area contributed by atoms with Gasteiger partial charge in [-0.2, -0.15) is 23.4 Å². The first-order valence-corrected chi connectivity index (χ1v) is 12.0. The topological polar surface area (TPSA) is 138 Å². The van der Waals surface area contributed by atoms with Crippen LogP contribution in [0.25, 0.3) is 0 Å². The van der Waals surface area contributed by atoms with Gasteiger partial charge in [-0.05, 0) is 54.4 Å². The highest BCUT2D eigenvalue weighted by atomic mass is 35.5. The van der Waals surface area contributed by atoms with Crippen molar-refractivity contribution in [1.82, 2.24) is 15.0 Å². The first-order chi connectivity index (χ1) is 15.2. The van der Waals surface area contributed by atoms with Crippen LogP contribution in [-0.2, 0) is 14.6 Å². The summed E-state index contributed by atoms with van der Waals surface area (Å²) in [7, 11) is -2.59. The second kappa shape index (κ2) is 10.8. The van der Waals surface area contributed by atoms with Crippen molar-refractivity contribution in [2.75, 3.05) is 35.4 Å². The lowest BCUT2D eigenvalue weighted by atomic mass is 10.2. The number of halogens is 1. The third-order valence-electron chi connectivity index (χ3n) is 4.05. The van der Waals surface area contributed by atoms with Gasteiger partial charge in [0, 0.05) is 34.8 Å². The molecule has 0 amide bonds. The maximum atomic E-state index is 10.6. The molecule has 0 aliphatic heterocycles. The van der Waals surface area contributed by atoms with Gasteiger partial charge in [0.2, 0.25) is 17.2 Å². The standard InChI is InChI=1S/C19H21ClN6O4S2/c1-12-6-7-14(11-16(12)21-2)23-19-25-17(20)24-18(26-19)22-13-4-3-5-15(10-13)31-9-8-30-32(27,28)29/h3-7,10-11,21H,8-9H2,1-2H3,(H,27,28,29)(H2,22,23,24,25,26). The van der Waals surface area contributed by atoms with E-state index in [0.717, 1.165) is 21.8 Å². The molecule has 170 valence electrons. The lowest BCUT2D eigenvalue weighted by Crippen LogP contribution is -2.06. The largest absolute Gasteiger partial charge is 0.397 e. The van der Waals surface area contributed by atoms with E-state index in [4.69, 9.17) is 16.2 Å². The number of rotatable bonds is 10. The number of anilines is 5. The van der Waals surface area contributed by atoms with Crippen molar-refractivity contribution in [3.05, 3.63) is 53.3 Å². The highest BCUT2D eigenvalue weighted by Gasteiger charge is 2.08. The molecule has 0 aliphatic rings. The molecule has 0 radical (unpaired) electrons. The molecule has 32 heavy (non-hydrogen) atoms. The van der Waals surface area contributed by atoms with Gasteiger partial charge >= 0.3 is 10.4 Å². The molecule has 0 spiro atoms. The first-order valence-electron chi connectivity index (χ1n) is 9.30. The molecule has 3 aromatic rings. The molecule has 13 heteroatoms. The summed E-state index contributed by atoms with van der Waals surface area (Å²) in [6.07, 6.45) is 0. The van der Waals surface area contributed by atoms with Gasteiger partial charge in [0.15, 0.2) is 0 Å². The fourth-order valence-electron chi connectivity index (χ4n) is 2.65. The van der Waals surface area contributed by atoms with Gasteiger partial charge in [-0.25, -0.2) is 4.18 Å². The van der Waals surface area contributed by atoms with Crippen molar-refractivity contribution in [3.63, 3.8) is 0 Å². The zero-order valence-electron chi connectivity index (χ0n) is 17.2. The predicted octanol–water partition coefficient (Wildman–Crippen LogP) is 4.27. The summed E-state index contributed by atoms with van der Waals surface area (Å²) in [5, 5.41) is 9.35. The Labute approximate surface area is 195 Å². The van der Waals surface area contributed by atoms with Gasteiger partial charge in [0.05, 0.1) is 6.61 Å². The second-order valence-electron chi connectivity index (χ2n) is 6.41. The summed E-state index contributed by atoms with van der Waals surface area (Å²) in [6, 6.07) is 13.2. The minimum atomic E-state index is -4.43. The molecule has 0 bridgehead atoms. The van der Waals surface area contributed by atoms with Crippen LogP contribution >= 0.6 is 23.4 Å². The summed E-state index contributed by atoms with van der Waals surface area (Å²) < 4.78 is 34.1. The van der Waals surface area contributed by atoms with Crippen LogP contribution in [0.4, 0.5) is 29.0 Å². The van der Waals surface area contributed by atoms with Crippen LogP contribution in [0.3, 0.4) is 0 Å². The first kappa shape index (κ1) is 24.0. The Kier molecular flexibility index (Phi) is 8.10. The van der Waals surface area contributed by atoms with Gasteiger partial charge in [-0.3, -0.25) is 4.55 Å². The van der Waals surface area contributed by atoms with Crippen LogP contribution in [0.15, 0.2) is 47.4 Å². The van der Waals surface area contributed by atoms with Crippen LogP contribution in [0, 0.1) is 6.92 Å². The number of nitrogens with zero attached hydrogens (tertiary/aromatic N) is 3. The molecule has 4 N–H and O–H groups in total. The molecule has 0 saturated carbocycles. The third kappa shape index (κ3) is 7.50. The van der Waals surface area contributed by atoms with E-state index < -0.39 is 10.4 Å². The number of aryl methyl sites for hydroxylation is 1. The Morgan fingerprint density at radius 1 is 1.06 bits per heavy atom. The van der Waals surface area contributed by atoms with Crippen LogP contribution in [0.5, 0.6) is 0 Å². The summed E-state index contributed by atoms with van der Waals surface area (Å²) in [5.41, 5.74) is 3.58. The van der Waals surface area contributed by atoms with Gasteiger partial charge in [0.1, 0.15) is 0 Å². The molecule has 1 heterocycles. The summed E-state index contributed by atoms with van der Waals surface area (Å²) in [6.45, 7) is 1.86. The lowest BCUT2D eigenvalue weighted by Gasteiger charge is -2.11. The van der Waals surface area contributed by atoms with E-state index >= 15 is 0 Å². The Bertz CT molecular complexity index is 1200. The monoisotopic (exact) mass is 496 g/mol. The van der Waals surface area contributed by atoms with Crippen LogP contribution in [-0.4, -0.2) is 47.3 Å². The van der Waals surface area contributed by atoms with Crippen molar-refractivity contribution in [2.45, 2.75) is 11.8 Å². The molecule has 10 nitrogen and oxygen atoms in total. The molecule has 0 unspecified atom stereocenters. The number of thioether (sulfide) groups is 1. The van der Waals surface area contributed by atoms with Crippen LogP contribution in [0.2, 0.25) is 5.28 Å². The predicted molar refractivity (Wildman–Crippen MR) is 127 cm³/mol. The Balaban J connectivity index is 1.68. The maximum absolute atomic E-state index is 10.6. The number of nitrogens with one attached hydrogen (secondary N) is 3. The van der Waals surface area contributed by atoms with E-state index in [2.05, 4.69) is 35.1 Å². The van der Waals surface area contributed by atoms with Crippen molar-refractivity contribution >= 4 is 62.7 Å². The van der Waals surface area contributed by atoms with Gasteiger partial charge in [-0.1, -0.05) is 12.1 Å². The average molecular weight is 497 g/mol. The SMILES string of the molecule is CNc1cc(Nc2nc(Cl)nc(Nc3cccc(SCCOS(=O)(=O)O)c3)n2)ccc1C. The van der Waals surface area contributed by atoms with E-state index in [0.29, 0.717) is 11.4 Å². The molecular formula is C19H21ClN6O4S2. The maximum Gasteiger partial charge on any atom is 0.397 e. The zero-order chi connectivity index (χ0) is 23.1. The van der Waals surface area contributed by atoms with Gasteiger partial charge < -0.3 is 16.0 Å². The van der Waals surface area contributed by atoms with E-state index in [-0.39, 0.29) is 23.8 Å². The highest BCUT2D eigenvalue weighted by Crippen LogP contribution is 2.25. The number of hydrogen-bond donors (Lipinski definition) is 4. The molecule has 0 aliphatic carbocycles. The summed E-state index contributed by atoms with van der Waals surface area (Å²) in [4.78, 5) is 13.4. The van der Waals surface area contributed by atoms with E-state index in [1.54, 1.807) is 0 Å². The smallest absolute Gasteiger partial charge is 0.388 e. The Morgan fingerprint density at radius 2 is 1.75 bits per heavy atom. The molecule has 3 rings (SSSR count). The molecule has 0 atom stereocenters. The lowest BCUT2D eigenvalue weighted by molar-refractivity contribution is 0.285. The second-order valence-corrected chi connectivity index (χ2v) is 9.00. The fourth-order valence-corrected chi connectivity index (χ4v) is 4.00. The van der Waals surface area contributed by atoms with Crippen molar-refractivity contribution in [2.24, 2.45) is 0 Å². The highest BCUT2D eigenvalue weighted by molar-refractivity contribution is 7.99.